The first-order valence-corrected chi connectivity index (χ1v) is 19.5. The molecule has 2 unspecified atom stereocenters. The molecule has 2 nitrogen and oxygen atoms in total. The van der Waals surface area contributed by atoms with Gasteiger partial charge in [-0.05, 0) is 120 Å². The van der Waals surface area contributed by atoms with Crippen molar-refractivity contribution in [3.8, 4) is 33.6 Å². The number of nitrogens with zero attached hydrogens (tertiary/aromatic N) is 2. The highest BCUT2D eigenvalue weighted by Gasteiger charge is 2.56. The summed E-state index contributed by atoms with van der Waals surface area (Å²) in [5.74, 6) is 2.91. The first-order valence-electron chi connectivity index (χ1n) is 19.5. The van der Waals surface area contributed by atoms with Crippen molar-refractivity contribution in [3.63, 3.8) is 0 Å². The van der Waals surface area contributed by atoms with E-state index in [1.54, 1.807) is 5.56 Å². The molecule has 13 rings (SSSR count). The summed E-state index contributed by atoms with van der Waals surface area (Å²) in [6, 6.07) is 61.1. The van der Waals surface area contributed by atoms with Gasteiger partial charge in [-0.25, -0.2) is 0 Å². The Morgan fingerprint density at radius 1 is 0.415 bits per heavy atom. The smallest absolute Gasteiger partial charge is 0.0547 e. The average molecular weight is 681 g/mol. The monoisotopic (exact) mass is 680 g/mol. The molecule has 0 amide bonds. The topological polar surface area (TPSA) is 9.86 Å². The van der Waals surface area contributed by atoms with E-state index in [4.69, 9.17) is 0 Å². The quantitative estimate of drug-likeness (QED) is 0.171. The second kappa shape index (κ2) is 11.1. The molecule has 0 saturated heterocycles. The highest BCUT2D eigenvalue weighted by atomic mass is 15.0. The van der Waals surface area contributed by atoms with Gasteiger partial charge in [-0.1, -0.05) is 121 Å². The second-order valence-electron chi connectivity index (χ2n) is 16.3. The molecule has 4 aliphatic rings. The molecule has 9 aromatic rings. The maximum atomic E-state index is 2.50. The minimum atomic E-state index is 0.419. The molecule has 0 radical (unpaired) electrons. The third-order valence-electron chi connectivity index (χ3n) is 13.6. The fourth-order valence-corrected chi connectivity index (χ4v) is 11.7. The van der Waals surface area contributed by atoms with Crippen LogP contribution < -0.4 is 0 Å². The van der Waals surface area contributed by atoms with Crippen LogP contribution in [0.3, 0.4) is 0 Å². The molecule has 4 aliphatic carbocycles. The fourth-order valence-electron chi connectivity index (χ4n) is 11.7. The molecular formula is C51H40N2. The van der Waals surface area contributed by atoms with Gasteiger partial charge >= 0.3 is 0 Å². The Kier molecular flexibility index (Phi) is 6.20. The number of rotatable bonds is 5. The number of hydrogen-bond acceptors (Lipinski definition) is 0. The van der Waals surface area contributed by atoms with Crippen LogP contribution >= 0.6 is 0 Å². The van der Waals surface area contributed by atoms with Gasteiger partial charge < -0.3 is 9.13 Å². The van der Waals surface area contributed by atoms with Gasteiger partial charge in [0.05, 0.1) is 27.8 Å². The van der Waals surface area contributed by atoms with Gasteiger partial charge in [0, 0.05) is 32.8 Å². The molecule has 0 N–H and O–H groups in total. The Morgan fingerprint density at radius 2 is 0.943 bits per heavy atom. The lowest BCUT2D eigenvalue weighted by molar-refractivity contribution is 0.229. The van der Waals surface area contributed by atoms with Crippen LogP contribution in [0.15, 0.2) is 164 Å². The van der Waals surface area contributed by atoms with Crippen LogP contribution in [0.2, 0.25) is 0 Å². The van der Waals surface area contributed by atoms with Crippen molar-refractivity contribution in [2.75, 3.05) is 0 Å². The highest BCUT2D eigenvalue weighted by Crippen LogP contribution is 2.64. The van der Waals surface area contributed by atoms with E-state index in [0.717, 1.165) is 17.8 Å². The molecule has 2 heterocycles. The van der Waals surface area contributed by atoms with Crippen LogP contribution in [-0.2, 0) is 5.41 Å². The van der Waals surface area contributed by atoms with Crippen LogP contribution in [0.25, 0.3) is 77.2 Å². The molecule has 2 heteroatoms. The lowest BCUT2D eigenvalue weighted by Gasteiger charge is -2.39. The SMILES string of the molecule is c1ccc(-c2ccccc2-n2c3ccccc3c3c(-c4cccc5c4c4ccccc4n5-c4ccc(C56CC7CC(C5)C(C7)C6)cc4)cccc32)cc1. The number of fused-ring (bicyclic) bond motifs is 6. The standard InChI is InChI=1S/C51H40N2/c1-2-12-34(13-3-1)39-14-4-7-19-44(39)53-46-21-9-6-16-43(46)50-41(18-11-23-48(50)53)40-17-10-22-47-49(40)42-15-5-8-20-45(42)52(47)38-26-24-37(25-27-38)51-30-33-28-35(31-51)36(29-33)32-51/h1-27,33,35-36H,28-32H2. The van der Waals surface area contributed by atoms with E-state index < -0.39 is 0 Å². The van der Waals surface area contributed by atoms with E-state index in [0.29, 0.717) is 5.41 Å². The van der Waals surface area contributed by atoms with Gasteiger partial charge in [0.25, 0.3) is 0 Å². The minimum Gasteiger partial charge on any atom is -0.309 e. The summed E-state index contributed by atoms with van der Waals surface area (Å²) in [7, 11) is 0. The molecule has 254 valence electrons. The van der Waals surface area contributed by atoms with Crippen molar-refractivity contribution in [3.05, 3.63) is 169 Å². The summed E-state index contributed by atoms with van der Waals surface area (Å²) in [6.07, 6.45) is 7.20. The van der Waals surface area contributed by atoms with Crippen molar-refractivity contribution in [2.24, 2.45) is 17.8 Å². The van der Waals surface area contributed by atoms with Gasteiger partial charge in [0.1, 0.15) is 0 Å². The number of aromatic nitrogens is 2. The molecule has 4 bridgehead atoms. The van der Waals surface area contributed by atoms with Crippen molar-refractivity contribution < 1.29 is 0 Å². The van der Waals surface area contributed by atoms with Crippen LogP contribution in [0.5, 0.6) is 0 Å². The zero-order valence-electron chi connectivity index (χ0n) is 29.8. The first kappa shape index (κ1) is 29.7. The van der Waals surface area contributed by atoms with E-state index in [1.807, 2.05) is 0 Å². The Morgan fingerprint density at radius 3 is 1.60 bits per heavy atom. The van der Waals surface area contributed by atoms with Crippen molar-refractivity contribution in [2.45, 2.75) is 37.5 Å². The van der Waals surface area contributed by atoms with Gasteiger partial charge in [-0.2, -0.15) is 0 Å². The molecule has 2 aromatic heterocycles. The lowest BCUT2D eigenvalue weighted by Crippen LogP contribution is -2.31. The van der Waals surface area contributed by atoms with Crippen molar-refractivity contribution in [1.82, 2.24) is 9.13 Å². The van der Waals surface area contributed by atoms with E-state index in [9.17, 15) is 0 Å². The molecular weight excluding hydrogens is 641 g/mol. The number of hydrogen-bond donors (Lipinski definition) is 0. The molecule has 53 heavy (non-hydrogen) atoms. The molecule has 0 spiro atoms. The normalized spacial score (nSPS) is 21.8. The largest absolute Gasteiger partial charge is 0.309 e. The number of benzene rings is 7. The molecule has 2 atom stereocenters. The number of para-hydroxylation sites is 3. The summed E-state index contributed by atoms with van der Waals surface area (Å²) in [4.78, 5) is 0. The predicted molar refractivity (Wildman–Crippen MR) is 221 cm³/mol. The average Bonchev–Trinajstić information content (AvgIpc) is 3.91. The summed E-state index contributed by atoms with van der Waals surface area (Å²) in [5, 5.41) is 5.17. The Bertz CT molecular complexity index is 2870. The highest BCUT2D eigenvalue weighted by molar-refractivity contribution is 6.22. The third-order valence-corrected chi connectivity index (χ3v) is 13.6. The summed E-state index contributed by atoms with van der Waals surface area (Å²) in [5.41, 5.74) is 14.4. The Labute approximate surface area is 309 Å². The fraction of sp³-hybridized carbons (Fsp3) is 0.176. The third kappa shape index (κ3) is 4.21. The van der Waals surface area contributed by atoms with Crippen molar-refractivity contribution >= 4 is 43.6 Å². The van der Waals surface area contributed by atoms with Crippen LogP contribution in [0.1, 0.15) is 37.7 Å². The molecule has 0 aliphatic heterocycles. The molecule has 4 saturated carbocycles. The van der Waals surface area contributed by atoms with Gasteiger partial charge in [0.2, 0.25) is 0 Å². The molecule has 7 aromatic carbocycles. The van der Waals surface area contributed by atoms with Gasteiger partial charge in [-0.15, -0.1) is 0 Å². The predicted octanol–water partition coefficient (Wildman–Crippen LogP) is 13.3. The van der Waals surface area contributed by atoms with Crippen LogP contribution in [-0.4, -0.2) is 9.13 Å². The van der Waals surface area contributed by atoms with E-state index in [1.165, 1.54) is 109 Å². The van der Waals surface area contributed by atoms with E-state index in [-0.39, 0.29) is 0 Å². The Hall–Kier alpha value is -5.86. The minimum absolute atomic E-state index is 0.419. The van der Waals surface area contributed by atoms with E-state index >= 15 is 0 Å². The zero-order valence-corrected chi connectivity index (χ0v) is 29.8. The maximum absolute atomic E-state index is 2.50. The van der Waals surface area contributed by atoms with Crippen LogP contribution in [0, 0.1) is 17.8 Å². The summed E-state index contributed by atoms with van der Waals surface area (Å²) >= 11 is 0. The second-order valence-corrected chi connectivity index (χ2v) is 16.3. The zero-order chi connectivity index (χ0) is 34.7. The van der Waals surface area contributed by atoms with Gasteiger partial charge in [0.15, 0.2) is 0 Å². The Balaban J connectivity index is 1.07. The summed E-state index contributed by atoms with van der Waals surface area (Å²) in [6.45, 7) is 0. The summed E-state index contributed by atoms with van der Waals surface area (Å²) < 4.78 is 4.98. The maximum Gasteiger partial charge on any atom is 0.0547 e. The first-order chi connectivity index (χ1) is 26.2. The van der Waals surface area contributed by atoms with Crippen molar-refractivity contribution in [1.29, 1.82) is 0 Å². The lowest BCUT2D eigenvalue weighted by atomic mass is 9.66. The van der Waals surface area contributed by atoms with Crippen LogP contribution in [0.4, 0.5) is 0 Å². The molecule has 4 fully saturated rings. The van der Waals surface area contributed by atoms with Gasteiger partial charge in [-0.3, -0.25) is 0 Å². The van der Waals surface area contributed by atoms with E-state index in [2.05, 4.69) is 173 Å².